The number of rotatable bonds is 6. The summed E-state index contributed by atoms with van der Waals surface area (Å²) in [5, 5.41) is 9.35. The molecule has 2 aromatic rings. The molecule has 6 heteroatoms. The molecule has 138 valence electrons. The summed E-state index contributed by atoms with van der Waals surface area (Å²) in [5.41, 5.74) is 0.971. The summed E-state index contributed by atoms with van der Waals surface area (Å²) in [4.78, 5) is 26.3. The van der Waals surface area contributed by atoms with Crippen molar-refractivity contribution in [1.82, 2.24) is 4.90 Å². The molecular weight excluding hydrogens is 344 g/mol. The summed E-state index contributed by atoms with van der Waals surface area (Å²) < 4.78 is 10.5. The van der Waals surface area contributed by atoms with Gasteiger partial charge in [-0.25, -0.2) is 4.79 Å². The number of methoxy groups -OCH3 is 1. The van der Waals surface area contributed by atoms with Crippen molar-refractivity contribution in [3.63, 3.8) is 0 Å². The monoisotopic (exact) mass is 364 g/mol. The molecule has 0 radical (unpaired) electrons. The first-order valence-electron chi connectivity index (χ1n) is 8.19. The highest BCUT2D eigenvalue weighted by molar-refractivity contribution is 5.99. The van der Waals surface area contributed by atoms with Gasteiger partial charge in [-0.2, -0.15) is 5.26 Å². The van der Waals surface area contributed by atoms with E-state index in [1.54, 1.807) is 75.8 Å². The number of likely N-dealkylation sites (N-methyl/N-ethyl adjacent to an activating group) is 1. The van der Waals surface area contributed by atoms with Gasteiger partial charge in [0, 0.05) is 19.7 Å². The number of nitrogens with zero attached hydrogens (tertiary/aromatic N) is 2. The highest BCUT2D eigenvalue weighted by atomic mass is 16.5. The topological polar surface area (TPSA) is 79.6 Å². The lowest BCUT2D eigenvalue weighted by molar-refractivity contribution is -0.156. The predicted molar refractivity (Wildman–Crippen MR) is 101 cm³/mol. The minimum absolute atomic E-state index is 0.201. The molecule has 0 unspecified atom stereocenters. The Bertz CT molecular complexity index is 865. The SMILES string of the molecule is COc1ccc(/C=C(\C#N)C(=O)O[C@H](C(=O)N(C)C)c2ccccc2)cc1. The number of esters is 1. The Hall–Kier alpha value is -3.59. The van der Waals surface area contributed by atoms with Crippen LogP contribution in [0.5, 0.6) is 5.75 Å². The zero-order valence-electron chi connectivity index (χ0n) is 15.4. The summed E-state index contributed by atoms with van der Waals surface area (Å²) in [5.74, 6) is -0.595. The maximum Gasteiger partial charge on any atom is 0.350 e. The second-order valence-electron chi connectivity index (χ2n) is 5.87. The Morgan fingerprint density at radius 1 is 1.07 bits per heavy atom. The smallest absolute Gasteiger partial charge is 0.350 e. The fourth-order valence-corrected chi connectivity index (χ4v) is 2.30. The van der Waals surface area contributed by atoms with Crippen molar-refractivity contribution in [3.8, 4) is 11.8 Å². The first-order chi connectivity index (χ1) is 13.0. The van der Waals surface area contributed by atoms with Gasteiger partial charge >= 0.3 is 5.97 Å². The van der Waals surface area contributed by atoms with Crippen LogP contribution in [0.15, 0.2) is 60.2 Å². The van der Waals surface area contributed by atoms with Gasteiger partial charge in [-0.1, -0.05) is 42.5 Å². The van der Waals surface area contributed by atoms with Crippen LogP contribution in [-0.2, 0) is 14.3 Å². The minimum Gasteiger partial charge on any atom is -0.497 e. The largest absolute Gasteiger partial charge is 0.497 e. The molecule has 1 atom stereocenters. The lowest BCUT2D eigenvalue weighted by atomic mass is 10.1. The molecule has 0 N–H and O–H groups in total. The second-order valence-corrected chi connectivity index (χ2v) is 5.87. The number of benzene rings is 2. The van der Waals surface area contributed by atoms with Crippen LogP contribution in [0, 0.1) is 11.3 Å². The molecule has 0 aliphatic rings. The third kappa shape index (κ3) is 5.19. The minimum atomic E-state index is -1.12. The van der Waals surface area contributed by atoms with Crippen molar-refractivity contribution in [2.75, 3.05) is 21.2 Å². The molecule has 0 saturated carbocycles. The van der Waals surface area contributed by atoms with Crippen LogP contribution in [-0.4, -0.2) is 38.0 Å². The molecular formula is C21H20N2O4. The van der Waals surface area contributed by atoms with Gasteiger partial charge in [0.1, 0.15) is 17.4 Å². The summed E-state index contributed by atoms with van der Waals surface area (Å²) in [6.07, 6.45) is 0.283. The van der Waals surface area contributed by atoms with Gasteiger partial charge in [-0.15, -0.1) is 0 Å². The normalized spacial score (nSPS) is 11.9. The van der Waals surface area contributed by atoms with Crippen LogP contribution in [0.1, 0.15) is 17.2 Å². The highest BCUT2D eigenvalue weighted by Gasteiger charge is 2.27. The summed E-state index contributed by atoms with van der Waals surface area (Å²) in [6.45, 7) is 0. The van der Waals surface area contributed by atoms with Gasteiger partial charge in [0.15, 0.2) is 0 Å². The van der Waals surface area contributed by atoms with E-state index in [0.29, 0.717) is 16.9 Å². The average molecular weight is 364 g/mol. The molecule has 6 nitrogen and oxygen atoms in total. The molecule has 27 heavy (non-hydrogen) atoms. The van der Waals surface area contributed by atoms with Gasteiger partial charge < -0.3 is 14.4 Å². The van der Waals surface area contributed by atoms with Crippen LogP contribution < -0.4 is 4.74 Å². The maximum atomic E-state index is 12.5. The Labute approximate surface area is 158 Å². The molecule has 1 amide bonds. The highest BCUT2D eigenvalue weighted by Crippen LogP contribution is 2.22. The average Bonchev–Trinajstić information content (AvgIpc) is 2.70. The number of carbonyl (C=O) groups is 2. The van der Waals surface area contributed by atoms with E-state index in [0.717, 1.165) is 0 Å². The molecule has 0 spiro atoms. The van der Waals surface area contributed by atoms with E-state index in [1.807, 2.05) is 6.07 Å². The maximum absolute atomic E-state index is 12.5. The van der Waals surface area contributed by atoms with Crippen molar-refractivity contribution < 1.29 is 19.1 Å². The number of carbonyl (C=O) groups excluding carboxylic acids is 2. The Balaban J connectivity index is 2.27. The zero-order valence-corrected chi connectivity index (χ0v) is 15.4. The number of amides is 1. The van der Waals surface area contributed by atoms with E-state index in [4.69, 9.17) is 9.47 Å². The van der Waals surface area contributed by atoms with E-state index >= 15 is 0 Å². The Morgan fingerprint density at radius 2 is 1.70 bits per heavy atom. The lowest BCUT2D eigenvalue weighted by Gasteiger charge is -2.21. The predicted octanol–water partition coefficient (Wildman–Crippen LogP) is 2.97. The standard InChI is InChI=1S/C21H20N2O4/c1-23(2)20(24)19(16-7-5-4-6-8-16)27-21(25)17(14-22)13-15-9-11-18(26-3)12-10-15/h4-13,19H,1-3H3/b17-13+/t19-/m0/s1. The number of hydrogen-bond donors (Lipinski definition) is 0. The van der Waals surface area contributed by atoms with E-state index in [1.165, 1.54) is 11.0 Å². The molecule has 0 saturated heterocycles. The van der Waals surface area contributed by atoms with E-state index < -0.39 is 18.0 Å². The van der Waals surface area contributed by atoms with Crippen molar-refractivity contribution in [1.29, 1.82) is 5.26 Å². The van der Waals surface area contributed by atoms with Gasteiger partial charge in [0.05, 0.1) is 7.11 Å². The Kier molecular flexibility index (Phi) is 6.73. The molecule has 2 aromatic carbocycles. The lowest BCUT2D eigenvalue weighted by Crippen LogP contribution is -2.31. The van der Waals surface area contributed by atoms with E-state index in [2.05, 4.69) is 0 Å². The van der Waals surface area contributed by atoms with E-state index in [-0.39, 0.29) is 5.57 Å². The summed E-state index contributed by atoms with van der Waals surface area (Å²) >= 11 is 0. The van der Waals surface area contributed by atoms with Crippen molar-refractivity contribution >= 4 is 18.0 Å². The summed E-state index contributed by atoms with van der Waals surface area (Å²) in [7, 11) is 4.70. The quantitative estimate of drug-likeness (QED) is 0.447. The van der Waals surface area contributed by atoms with Crippen molar-refractivity contribution in [3.05, 3.63) is 71.3 Å². The molecule has 0 bridgehead atoms. The Morgan fingerprint density at radius 3 is 2.22 bits per heavy atom. The van der Waals surface area contributed by atoms with Crippen LogP contribution in [0.3, 0.4) is 0 Å². The number of nitriles is 1. The van der Waals surface area contributed by atoms with Crippen LogP contribution in [0.25, 0.3) is 6.08 Å². The zero-order chi connectivity index (χ0) is 19.8. The third-order valence-corrected chi connectivity index (χ3v) is 3.76. The fourth-order valence-electron chi connectivity index (χ4n) is 2.30. The third-order valence-electron chi connectivity index (χ3n) is 3.76. The van der Waals surface area contributed by atoms with Gasteiger partial charge in [0.2, 0.25) is 6.10 Å². The summed E-state index contributed by atoms with van der Waals surface area (Å²) in [6, 6.07) is 17.4. The molecule has 0 aromatic heterocycles. The van der Waals surface area contributed by atoms with Crippen LogP contribution in [0.2, 0.25) is 0 Å². The van der Waals surface area contributed by atoms with Crippen molar-refractivity contribution in [2.45, 2.75) is 6.10 Å². The second kappa shape index (κ2) is 9.20. The van der Waals surface area contributed by atoms with Gasteiger partial charge in [-0.05, 0) is 23.8 Å². The first-order valence-corrected chi connectivity index (χ1v) is 8.19. The molecule has 0 fully saturated rings. The van der Waals surface area contributed by atoms with Gasteiger partial charge in [-0.3, -0.25) is 4.79 Å². The van der Waals surface area contributed by atoms with E-state index in [9.17, 15) is 14.9 Å². The molecule has 0 aliphatic carbocycles. The molecule has 0 aliphatic heterocycles. The van der Waals surface area contributed by atoms with Crippen molar-refractivity contribution in [2.24, 2.45) is 0 Å². The number of ether oxygens (including phenoxy) is 2. The number of hydrogen-bond acceptors (Lipinski definition) is 5. The van der Waals surface area contributed by atoms with Gasteiger partial charge in [0.25, 0.3) is 5.91 Å². The molecule has 2 rings (SSSR count). The van der Waals surface area contributed by atoms with Crippen LogP contribution in [0.4, 0.5) is 0 Å². The molecule has 0 heterocycles. The fraction of sp³-hybridized carbons (Fsp3) is 0.190. The first kappa shape index (κ1) is 19.7. The van der Waals surface area contributed by atoms with Crippen LogP contribution >= 0.6 is 0 Å².